The Balaban J connectivity index is 1.02. The van der Waals surface area contributed by atoms with Crippen molar-refractivity contribution in [1.29, 1.82) is 0 Å². The Morgan fingerprint density at radius 2 is 1.00 bits per heavy atom. The summed E-state index contributed by atoms with van der Waals surface area (Å²) in [7, 11) is 0. The maximum atomic E-state index is 4.43. The number of nitrogens with zero attached hydrogens (tertiary/aromatic N) is 2. The molecule has 0 saturated heterocycles. The first-order chi connectivity index (χ1) is 33.4. The quantitative estimate of drug-likeness (QED) is 0.104. The van der Waals surface area contributed by atoms with Gasteiger partial charge in [-0.3, -0.25) is 0 Å². The van der Waals surface area contributed by atoms with E-state index >= 15 is 0 Å². The van der Waals surface area contributed by atoms with Gasteiger partial charge in [0.25, 0.3) is 0 Å². The maximum absolute atomic E-state index is 4.43. The van der Waals surface area contributed by atoms with E-state index in [-0.39, 0.29) is 5.41 Å². The number of benzene rings is 10. The third-order valence-electron chi connectivity index (χ3n) is 14.3. The van der Waals surface area contributed by atoms with Crippen molar-refractivity contribution in [2.24, 2.45) is 0 Å². The first kappa shape index (κ1) is 41.0. The fraction of sp³-hybridized carbons (Fsp3) is 0.0606. The van der Waals surface area contributed by atoms with Gasteiger partial charge in [0, 0.05) is 38.9 Å². The van der Waals surface area contributed by atoms with E-state index in [9.17, 15) is 0 Å². The molecule has 0 aliphatic heterocycles. The van der Waals surface area contributed by atoms with Crippen molar-refractivity contribution in [3.8, 4) is 39.1 Å². The number of hydrogen-bond donors (Lipinski definition) is 0. The molecule has 1 heterocycles. The van der Waals surface area contributed by atoms with E-state index < -0.39 is 0 Å². The van der Waals surface area contributed by atoms with E-state index in [2.05, 4.69) is 267 Å². The second kappa shape index (κ2) is 16.5. The van der Waals surface area contributed by atoms with E-state index in [1.165, 1.54) is 93.5 Å². The van der Waals surface area contributed by atoms with Crippen molar-refractivity contribution >= 4 is 60.3 Å². The van der Waals surface area contributed by atoms with Gasteiger partial charge in [-0.25, -0.2) is 0 Å². The molecule has 11 aromatic rings. The third-order valence-corrected chi connectivity index (χ3v) is 14.3. The molecule has 0 atom stereocenters. The Bertz CT molecular complexity index is 3770. The second-order valence-corrected chi connectivity index (χ2v) is 18.6. The molecule has 0 bridgehead atoms. The Hall–Kier alpha value is -8.46. The summed E-state index contributed by atoms with van der Waals surface area (Å²) in [6, 6.07) is 79.7. The van der Waals surface area contributed by atoms with Crippen molar-refractivity contribution in [2.45, 2.75) is 26.2 Å². The second-order valence-electron chi connectivity index (χ2n) is 18.6. The first-order valence-corrected chi connectivity index (χ1v) is 23.6. The van der Waals surface area contributed by atoms with Gasteiger partial charge in [0.05, 0.1) is 11.0 Å². The van der Waals surface area contributed by atoms with Crippen LogP contribution in [0.3, 0.4) is 0 Å². The van der Waals surface area contributed by atoms with Crippen molar-refractivity contribution in [3.63, 3.8) is 0 Å². The average Bonchev–Trinajstić information content (AvgIpc) is 3.84. The van der Waals surface area contributed by atoms with Gasteiger partial charge in [0.2, 0.25) is 0 Å². The number of aromatic nitrogens is 1. The first-order valence-electron chi connectivity index (χ1n) is 23.6. The zero-order valence-corrected chi connectivity index (χ0v) is 38.6. The van der Waals surface area contributed by atoms with E-state index in [0.29, 0.717) is 0 Å². The topological polar surface area (TPSA) is 8.17 Å². The lowest BCUT2D eigenvalue weighted by molar-refractivity contribution is 0.660. The number of fused-ring (bicyclic) bond motifs is 8. The molecule has 0 amide bonds. The molecule has 0 N–H and O–H groups in total. The van der Waals surface area contributed by atoms with Crippen molar-refractivity contribution in [1.82, 2.24) is 4.57 Å². The van der Waals surface area contributed by atoms with Crippen LogP contribution in [-0.4, -0.2) is 4.57 Å². The molecule has 2 nitrogen and oxygen atoms in total. The monoisotopic (exact) mass is 870 g/mol. The van der Waals surface area contributed by atoms with E-state index in [1.807, 2.05) is 6.08 Å². The molecule has 1 aliphatic rings. The van der Waals surface area contributed by atoms with E-state index in [4.69, 9.17) is 0 Å². The molecular formula is C66H50N2. The summed E-state index contributed by atoms with van der Waals surface area (Å²) in [6.07, 6.45) is 6.48. The fourth-order valence-electron chi connectivity index (χ4n) is 11.1. The third kappa shape index (κ3) is 6.63. The number of para-hydroxylation sites is 2. The summed E-state index contributed by atoms with van der Waals surface area (Å²) >= 11 is 0. The lowest BCUT2D eigenvalue weighted by Gasteiger charge is -2.26. The molecule has 1 aliphatic carbocycles. The van der Waals surface area contributed by atoms with Crippen LogP contribution in [0.5, 0.6) is 0 Å². The summed E-state index contributed by atoms with van der Waals surface area (Å²) < 4.78 is 2.40. The van der Waals surface area contributed by atoms with E-state index in [0.717, 1.165) is 28.3 Å². The van der Waals surface area contributed by atoms with Crippen LogP contribution < -0.4 is 4.90 Å². The predicted molar refractivity (Wildman–Crippen MR) is 291 cm³/mol. The van der Waals surface area contributed by atoms with Crippen LogP contribution in [0, 0.1) is 0 Å². The zero-order valence-electron chi connectivity index (χ0n) is 38.6. The Morgan fingerprint density at radius 3 is 1.69 bits per heavy atom. The van der Waals surface area contributed by atoms with Gasteiger partial charge in [0.1, 0.15) is 0 Å². The van der Waals surface area contributed by atoms with Crippen LogP contribution in [0.25, 0.3) is 88.0 Å². The minimum absolute atomic E-state index is 0.0795. The van der Waals surface area contributed by atoms with Crippen LogP contribution in [0.4, 0.5) is 11.4 Å². The standard InChI is InChI=1S/C66H50N2/c1-5-48(36-33-44(2)64-54-28-15-17-30-56(54)65(45-21-9-6-10-22-45)57-31-18-16-29-55(57)64)67(49-23-11-7-12-24-49)51-37-40-63-59(43-51)58-41-46(35-39-62(58)68(63)50-25-13-8-14-26-50)47-34-38-53-52-27-19-20-32-60(52)66(3,4)61(53)42-47/h5-43H,1H2,2-4H3/b44-33+,48-36+. The molecular weight excluding hydrogens is 821 g/mol. The van der Waals surface area contributed by atoms with Gasteiger partial charge >= 0.3 is 0 Å². The zero-order chi connectivity index (χ0) is 45.9. The number of rotatable bonds is 9. The van der Waals surface area contributed by atoms with Gasteiger partial charge < -0.3 is 9.47 Å². The molecule has 0 saturated carbocycles. The van der Waals surface area contributed by atoms with Crippen LogP contribution in [0.1, 0.15) is 37.5 Å². The van der Waals surface area contributed by atoms with Crippen LogP contribution in [0.15, 0.2) is 249 Å². The molecule has 10 aromatic carbocycles. The van der Waals surface area contributed by atoms with Crippen molar-refractivity contribution in [2.75, 3.05) is 4.90 Å². The number of anilines is 2. The normalized spacial score (nSPS) is 13.3. The molecule has 1 aromatic heterocycles. The lowest BCUT2D eigenvalue weighted by Crippen LogP contribution is -2.15. The van der Waals surface area contributed by atoms with Crippen LogP contribution >= 0.6 is 0 Å². The largest absolute Gasteiger partial charge is 0.311 e. The SMILES string of the molecule is C=C/C(=C\C=C(/C)c1c2ccccc2c(-c2ccccc2)c2ccccc12)N(c1ccccc1)c1ccc2c(c1)c1cc(-c3ccc4c(c3)C(C)(C)c3ccccc3-4)ccc1n2-c1ccccc1. The molecule has 0 fully saturated rings. The van der Waals surface area contributed by atoms with Gasteiger partial charge in [-0.05, 0) is 157 Å². The smallest absolute Gasteiger partial charge is 0.0542 e. The minimum atomic E-state index is -0.0795. The molecule has 0 unspecified atom stereocenters. The highest BCUT2D eigenvalue weighted by molar-refractivity contribution is 6.19. The summed E-state index contributed by atoms with van der Waals surface area (Å²) in [5, 5.41) is 7.36. The lowest BCUT2D eigenvalue weighted by atomic mass is 9.81. The van der Waals surface area contributed by atoms with Crippen molar-refractivity contribution < 1.29 is 0 Å². The average molecular weight is 871 g/mol. The highest BCUT2D eigenvalue weighted by atomic mass is 15.1. The maximum Gasteiger partial charge on any atom is 0.0542 e. The summed E-state index contributed by atoms with van der Waals surface area (Å²) in [4.78, 5) is 2.33. The molecule has 324 valence electrons. The van der Waals surface area contributed by atoms with E-state index in [1.54, 1.807) is 0 Å². The fourth-order valence-corrected chi connectivity index (χ4v) is 11.1. The molecule has 0 spiro atoms. The summed E-state index contributed by atoms with van der Waals surface area (Å²) in [6.45, 7) is 11.4. The van der Waals surface area contributed by atoms with Gasteiger partial charge in [-0.1, -0.05) is 184 Å². The van der Waals surface area contributed by atoms with Crippen molar-refractivity contribution in [3.05, 3.63) is 266 Å². The van der Waals surface area contributed by atoms with Gasteiger partial charge in [0.15, 0.2) is 0 Å². The highest BCUT2D eigenvalue weighted by Crippen LogP contribution is 2.50. The minimum Gasteiger partial charge on any atom is -0.311 e. The summed E-state index contributed by atoms with van der Waals surface area (Å²) in [5.74, 6) is 0. The van der Waals surface area contributed by atoms with Crippen LogP contribution in [0.2, 0.25) is 0 Å². The number of hydrogen-bond acceptors (Lipinski definition) is 1. The van der Waals surface area contributed by atoms with Gasteiger partial charge in [-0.15, -0.1) is 0 Å². The number of allylic oxidation sites excluding steroid dienone is 4. The molecule has 68 heavy (non-hydrogen) atoms. The van der Waals surface area contributed by atoms with Crippen LogP contribution in [-0.2, 0) is 5.41 Å². The Morgan fingerprint density at radius 1 is 0.456 bits per heavy atom. The molecule has 2 heteroatoms. The Kier molecular flexibility index (Phi) is 9.92. The summed E-state index contributed by atoms with van der Waals surface area (Å²) in [5.41, 5.74) is 19.2. The highest BCUT2D eigenvalue weighted by Gasteiger charge is 2.35. The molecule has 12 rings (SSSR count). The van der Waals surface area contributed by atoms with Gasteiger partial charge in [-0.2, -0.15) is 0 Å². The molecule has 0 radical (unpaired) electrons. The predicted octanol–water partition coefficient (Wildman–Crippen LogP) is 18.0. The Labute approximate surface area is 398 Å².